The highest BCUT2D eigenvalue weighted by Gasteiger charge is 2.21. The molecule has 0 saturated carbocycles. The van der Waals surface area contributed by atoms with E-state index in [-0.39, 0.29) is 5.91 Å². The van der Waals surface area contributed by atoms with Gasteiger partial charge in [-0.15, -0.1) is 6.58 Å². The normalized spacial score (nSPS) is 20.3. The van der Waals surface area contributed by atoms with Crippen molar-refractivity contribution in [3.05, 3.63) is 12.7 Å². The van der Waals surface area contributed by atoms with Crippen LogP contribution in [0, 0.1) is 5.92 Å². The second-order valence-corrected chi connectivity index (χ2v) is 4.59. The molecule has 2 unspecified atom stereocenters. The second kappa shape index (κ2) is 7.87. The van der Waals surface area contributed by atoms with Gasteiger partial charge in [0.15, 0.2) is 0 Å². The molecule has 1 fully saturated rings. The lowest BCUT2D eigenvalue weighted by Gasteiger charge is -2.14. The molecule has 0 aromatic rings. The van der Waals surface area contributed by atoms with Crippen LogP contribution in [-0.2, 0) is 14.3 Å². The first kappa shape index (κ1) is 14.7. The number of nitrogens with one attached hydrogen (secondary N) is 1. The Balaban J connectivity index is 2.26. The van der Waals surface area contributed by atoms with Crippen molar-refractivity contribution in [2.24, 2.45) is 5.92 Å². The third-order valence-electron chi connectivity index (χ3n) is 3.10. The number of hydrogen-bond donors (Lipinski definition) is 2. The van der Waals surface area contributed by atoms with Crippen LogP contribution in [0.25, 0.3) is 0 Å². The van der Waals surface area contributed by atoms with Gasteiger partial charge in [0.05, 0.1) is 0 Å². The summed E-state index contributed by atoms with van der Waals surface area (Å²) >= 11 is 0. The molecule has 2 N–H and O–H groups in total. The summed E-state index contributed by atoms with van der Waals surface area (Å²) in [7, 11) is 0. The Hall–Kier alpha value is -1.36. The number of amides is 1. The number of carbonyl (C=O) groups excluding carboxylic acids is 1. The lowest BCUT2D eigenvalue weighted by molar-refractivity contribution is -0.142. The summed E-state index contributed by atoms with van der Waals surface area (Å²) in [5.74, 6) is -0.750. The molecule has 1 aliphatic heterocycles. The Kier molecular flexibility index (Phi) is 6.43. The van der Waals surface area contributed by atoms with Gasteiger partial charge in [0, 0.05) is 19.6 Å². The zero-order valence-electron chi connectivity index (χ0n) is 10.6. The first-order valence-electron chi connectivity index (χ1n) is 6.34. The smallest absolute Gasteiger partial charge is 0.326 e. The van der Waals surface area contributed by atoms with Crippen LogP contribution in [0.5, 0.6) is 0 Å². The van der Waals surface area contributed by atoms with Crippen LogP contribution < -0.4 is 5.32 Å². The van der Waals surface area contributed by atoms with Gasteiger partial charge >= 0.3 is 5.97 Å². The first-order chi connectivity index (χ1) is 8.63. The van der Waals surface area contributed by atoms with E-state index in [4.69, 9.17) is 9.84 Å². The highest BCUT2D eigenvalue weighted by molar-refractivity contribution is 5.83. The molecule has 1 rings (SSSR count). The molecule has 1 aliphatic rings. The van der Waals surface area contributed by atoms with Crippen molar-refractivity contribution in [1.29, 1.82) is 0 Å². The Labute approximate surface area is 107 Å². The van der Waals surface area contributed by atoms with Crippen LogP contribution in [0.15, 0.2) is 12.7 Å². The Morgan fingerprint density at radius 1 is 1.56 bits per heavy atom. The number of aliphatic carboxylic acids is 1. The zero-order valence-corrected chi connectivity index (χ0v) is 10.6. The number of carboxylic acids is 1. The molecule has 0 aliphatic carbocycles. The van der Waals surface area contributed by atoms with Crippen LogP contribution in [-0.4, -0.2) is 36.2 Å². The minimum atomic E-state index is -0.991. The maximum absolute atomic E-state index is 11.6. The molecule has 0 radical (unpaired) electrons. The third-order valence-corrected chi connectivity index (χ3v) is 3.10. The van der Waals surface area contributed by atoms with Crippen molar-refractivity contribution in [2.75, 3.05) is 13.2 Å². The Morgan fingerprint density at radius 2 is 2.33 bits per heavy atom. The molecule has 1 heterocycles. The van der Waals surface area contributed by atoms with Crippen molar-refractivity contribution in [3.8, 4) is 0 Å². The molecular weight excluding hydrogens is 234 g/mol. The first-order valence-corrected chi connectivity index (χ1v) is 6.34. The van der Waals surface area contributed by atoms with Gasteiger partial charge in [-0.2, -0.15) is 0 Å². The summed E-state index contributed by atoms with van der Waals surface area (Å²) in [6, 6.07) is -0.810. The van der Waals surface area contributed by atoms with E-state index in [0.717, 1.165) is 19.4 Å². The predicted molar refractivity (Wildman–Crippen MR) is 67.2 cm³/mol. The molecular formula is C13H21NO4. The largest absolute Gasteiger partial charge is 0.480 e. The standard InChI is InChI=1S/C13H21NO4/c1-2-3-4-11(13(16)17)14-12(15)6-5-10-7-8-18-9-10/h2,10-11H,1,3-9H2,(H,14,15)(H,16,17). The van der Waals surface area contributed by atoms with Crippen LogP contribution in [0.4, 0.5) is 0 Å². The van der Waals surface area contributed by atoms with Crippen molar-refractivity contribution < 1.29 is 19.4 Å². The summed E-state index contributed by atoms with van der Waals surface area (Å²) in [5, 5.41) is 11.5. The van der Waals surface area contributed by atoms with Gasteiger partial charge in [0.1, 0.15) is 6.04 Å². The monoisotopic (exact) mass is 255 g/mol. The quantitative estimate of drug-likeness (QED) is 0.642. The zero-order chi connectivity index (χ0) is 13.4. The van der Waals surface area contributed by atoms with Gasteiger partial charge in [-0.25, -0.2) is 4.79 Å². The van der Waals surface area contributed by atoms with Gasteiger partial charge in [-0.05, 0) is 31.6 Å². The topological polar surface area (TPSA) is 75.6 Å². The Morgan fingerprint density at radius 3 is 2.89 bits per heavy atom. The van der Waals surface area contributed by atoms with E-state index in [0.29, 0.717) is 31.8 Å². The van der Waals surface area contributed by atoms with E-state index in [1.165, 1.54) is 0 Å². The van der Waals surface area contributed by atoms with E-state index in [1.54, 1.807) is 6.08 Å². The maximum atomic E-state index is 11.6. The molecule has 1 saturated heterocycles. The molecule has 0 spiro atoms. The van der Waals surface area contributed by atoms with Gasteiger partial charge in [-0.1, -0.05) is 6.08 Å². The molecule has 0 aromatic heterocycles. The summed E-state index contributed by atoms with van der Waals surface area (Å²) in [5.41, 5.74) is 0. The summed E-state index contributed by atoms with van der Waals surface area (Å²) < 4.78 is 5.22. The number of hydrogen-bond acceptors (Lipinski definition) is 3. The molecule has 0 bridgehead atoms. The van der Waals surface area contributed by atoms with Crippen molar-refractivity contribution in [1.82, 2.24) is 5.32 Å². The summed E-state index contributed by atoms with van der Waals surface area (Å²) in [4.78, 5) is 22.6. The molecule has 1 amide bonds. The summed E-state index contributed by atoms with van der Waals surface area (Å²) in [6.45, 7) is 5.02. The van der Waals surface area contributed by atoms with E-state index >= 15 is 0 Å². The van der Waals surface area contributed by atoms with E-state index in [2.05, 4.69) is 11.9 Å². The average Bonchev–Trinajstić information content (AvgIpc) is 2.84. The van der Waals surface area contributed by atoms with E-state index in [1.807, 2.05) is 0 Å². The fraction of sp³-hybridized carbons (Fsp3) is 0.692. The highest BCUT2D eigenvalue weighted by atomic mass is 16.5. The highest BCUT2D eigenvalue weighted by Crippen LogP contribution is 2.17. The molecule has 5 heteroatoms. The lowest BCUT2D eigenvalue weighted by atomic mass is 10.0. The number of rotatable bonds is 8. The van der Waals surface area contributed by atoms with Crippen LogP contribution >= 0.6 is 0 Å². The Bertz CT molecular complexity index is 297. The third kappa shape index (κ3) is 5.31. The van der Waals surface area contributed by atoms with Gasteiger partial charge in [0.2, 0.25) is 5.91 Å². The summed E-state index contributed by atoms with van der Waals surface area (Å²) in [6.07, 6.45) is 4.74. The minimum Gasteiger partial charge on any atom is -0.480 e. The maximum Gasteiger partial charge on any atom is 0.326 e. The van der Waals surface area contributed by atoms with Crippen LogP contribution in [0.3, 0.4) is 0 Å². The van der Waals surface area contributed by atoms with E-state index in [9.17, 15) is 9.59 Å². The SMILES string of the molecule is C=CCCC(NC(=O)CCC1CCOC1)C(=O)O. The van der Waals surface area contributed by atoms with Gasteiger partial charge < -0.3 is 15.2 Å². The predicted octanol–water partition coefficient (Wildman–Crippen LogP) is 1.34. The fourth-order valence-corrected chi connectivity index (χ4v) is 1.95. The molecule has 5 nitrogen and oxygen atoms in total. The van der Waals surface area contributed by atoms with Crippen LogP contribution in [0.2, 0.25) is 0 Å². The lowest BCUT2D eigenvalue weighted by Crippen LogP contribution is -2.40. The van der Waals surface area contributed by atoms with Crippen LogP contribution in [0.1, 0.15) is 32.1 Å². The fourth-order valence-electron chi connectivity index (χ4n) is 1.95. The molecule has 102 valence electrons. The second-order valence-electron chi connectivity index (χ2n) is 4.59. The number of carbonyl (C=O) groups is 2. The van der Waals surface area contributed by atoms with Crippen molar-refractivity contribution in [2.45, 2.75) is 38.1 Å². The van der Waals surface area contributed by atoms with Crippen molar-refractivity contribution in [3.63, 3.8) is 0 Å². The molecule has 18 heavy (non-hydrogen) atoms. The number of allylic oxidation sites excluding steroid dienone is 1. The molecule has 0 aromatic carbocycles. The van der Waals surface area contributed by atoms with E-state index < -0.39 is 12.0 Å². The average molecular weight is 255 g/mol. The van der Waals surface area contributed by atoms with Gasteiger partial charge in [-0.3, -0.25) is 4.79 Å². The number of ether oxygens (including phenoxy) is 1. The van der Waals surface area contributed by atoms with Crippen molar-refractivity contribution >= 4 is 11.9 Å². The van der Waals surface area contributed by atoms with Gasteiger partial charge in [0.25, 0.3) is 0 Å². The number of carboxylic acid groups (broad SMARTS) is 1. The molecule has 2 atom stereocenters. The minimum absolute atomic E-state index is 0.196.